The van der Waals surface area contributed by atoms with E-state index in [4.69, 9.17) is 28.2 Å². The second-order valence-electron chi connectivity index (χ2n) is 7.38. The predicted octanol–water partition coefficient (Wildman–Crippen LogP) is 5.00. The van der Waals surface area contributed by atoms with Crippen LogP contribution >= 0.6 is 34.5 Å². The van der Waals surface area contributed by atoms with E-state index in [-0.39, 0.29) is 4.90 Å². The van der Waals surface area contributed by atoms with Gasteiger partial charge in [-0.25, -0.2) is 17.8 Å². The van der Waals surface area contributed by atoms with Crippen molar-refractivity contribution in [3.8, 4) is 0 Å². The molecule has 1 fully saturated rings. The van der Waals surface area contributed by atoms with Crippen LogP contribution in [0, 0.1) is 12.7 Å². The van der Waals surface area contributed by atoms with Gasteiger partial charge >= 0.3 is 0 Å². The maximum absolute atomic E-state index is 13.6. The molecule has 0 spiro atoms. The van der Waals surface area contributed by atoms with Crippen molar-refractivity contribution in [1.29, 1.82) is 0 Å². The minimum absolute atomic E-state index is 0.0256. The lowest BCUT2D eigenvalue weighted by molar-refractivity contribution is 0.384. The van der Waals surface area contributed by atoms with Gasteiger partial charge in [0.1, 0.15) is 5.82 Å². The number of rotatable bonds is 5. The molecule has 1 aliphatic rings. The maximum atomic E-state index is 13.6. The number of nitrogens with zero attached hydrogens (tertiary/aromatic N) is 3. The zero-order chi connectivity index (χ0) is 22.2. The molecular formula is C21H20Cl2FN3O2S2. The molecule has 0 saturated carbocycles. The Hall–Kier alpha value is -1.71. The first kappa shape index (κ1) is 22.5. The van der Waals surface area contributed by atoms with Crippen molar-refractivity contribution in [2.24, 2.45) is 0 Å². The number of aryl methyl sites for hydroxylation is 1. The van der Waals surface area contributed by atoms with Crippen LogP contribution < -0.4 is 4.90 Å². The van der Waals surface area contributed by atoms with E-state index in [1.54, 1.807) is 13.0 Å². The standard InChI is InChI=1S/C21H20Cl2FN3O2S2/c1-14-2-3-18(24)12-20(14)31(28,29)27-6-4-26(5-7-27)21-25-19(13-30-21)10-15-8-16(22)11-17(23)9-15/h2-3,8-9,11-13H,4-7,10H2,1H3. The van der Waals surface area contributed by atoms with Crippen LogP contribution in [-0.4, -0.2) is 43.9 Å². The molecule has 5 nitrogen and oxygen atoms in total. The van der Waals surface area contributed by atoms with Crippen molar-refractivity contribution in [2.45, 2.75) is 18.2 Å². The number of thiazole rings is 1. The molecular weight excluding hydrogens is 480 g/mol. The van der Waals surface area contributed by atoms with Crippen LogP contribution in [0.2, 0.25) is 10.0 Å². The predicted molar refractivity (Wildman–Crippen MR) is 123 cm³/mol. The van der Waals surface area contributed by atoms with E-state index >= 15 is 0 Å². The number of halogens is 3. The van der Waals surface area contributed by atoms with Gasteiger partial charge in [-0.15, -0.1) is 11.3 Å². The topological polar surface area (TPSA) is 53.5 Å². The summed E-state index contributed by atoms with van der Waals surface area (Å²) in [7, 11) is -3.74. The molecule has 0 aliphatic carbocycles. The molecule has 1 aliphatic heterocycles. The molecule has 1 aromatic heterocycles. The molecule has 2 heterocycles. The number of sulfonamides is 1. The van der Waals surface area contributed by atoms with Gasteiger partial charge in [-0.2, -0.15) is 4.31 Å². The molecule has 4 rings (SSSR count). The summed E-state index contributed by atoms with van der Waals surface area (Å²) in [6.07, 6.45) is 0.615. The highest BCUT2D eigenvalue weighted by atomic mass is 35.5. The van der Waals surface area contributed by atoms with Crippen molar-refractivity contribution in [3.63, 3.8) is 0 Å². The summed E-state index contributed by atoms with van der Waals surface area (Å²) in [5.41, 5.74) is 2.43. The Bertz CT molecular complexity index is 1190. The molecule has 0 amide bonds. The van der Waals surface area contributed by atoms with Gasteiger partial charge < -0.3 is 4.90 Å². The molecule has 2 aromatic carbocycles. The molecule has 164 valence electrons. The summed E-state index contributed by atoms with van der Waals surface area (Å²) >= 11 is 13.7. The zero-order valence-electron chi connectivity index (χ0n) is 16.7. The SMILES string of the molecule is Cc1ccc(F)cc1S(=O)(=O)N1CCN(c2nc(Cc3cc(Cl)cc(Cl)c3)cs2)CC1. The first-order valence-electron chi connectivity index (χ1n) is 9.63. The second-order valence-corrected chi connectivity index (χ2v) is 11.0. The van der Waals surface area contributed by atoms with E-state index in [1.165, 1.54) is 27.8 Å². The summed E-state index contributed by atoms with van der Waals surface area (Å²) in [5.74, 6) is -0.556. The maximum Gasteiger partial charge on any atom is 0.243 e. The third-order valence-corrected chi connectivity index (χ3v) is 8.55. The van der Waals surface area contributed by atoms with Gasteiger partial charge in [-0.3, -0.25) is 0 Å². The minimum atomic E-state index is -3.74. The quantitative estimate of drug-likeness (QED) is 0.495. The van der Waals surface area contributed by atoms with Crippen LogP contribution in [0.4, 0.5) is 9.52 Å². The molecule has 0 unspecified atom stereocenters. The molecule has 10 heteroatoms. The van der Waals surface area contributed by atoms with E-state index in [2.05, 4.69) is 4.90 Å². The summed E-state index contributed by atoms with van der Waals surface area (Å²) in [6.45, 7) is 3.34. The fourth-order valence-corrected chi connectivity index (χ4v) is 6.66. The number of hydrogen-bond donors (Lipinski definition) is 0. The number of piperazine rings is 1. The minimum Gasteiger partial charge on any atom is -0.345 e. The van der Waals surface area contributed by atoms with Crippen molar-refractivity contribution in [1.82, 2.24) is 9.29 Å². The van der Waals surface area contributed by atoms with Crippen molar-refractivity contribution in [2.75, 3.05) is 31.1 Å². The molecule has 0 atom stereocenters. The van der Waals surface area contributed by atoms with Crippen LogP contribution in [0.3, 0.4) is 0 Å². The van der Waals surface area contributed by atoms with Gasteiger partial charge in [-0.1, -0.05) is 29.3 Å². The van der Waals surface area contributed by atoms with Crippen LogP contribution in [-0.2, 0) is 16.4 Å². The molecule has 0 bridgehead atoms. The van der Waals surface area contributed by atoms with E-state index in [0.29, 0.717) is 48.2 Å². The lowest BCUT2D eigenvalue weighted by atomic mass is 10.1. The number of aromatic nitrogens is 1. The average molecular weight is 500 g/mol. The van der Waals surface area contributed by atoms with E-state index in [9.17, 15) is 12.8 Å². The number of anilines is 1. The Kier molecular flexibility index (Phi) is 6.55. The van der Waals surface area contributed by atoms with E-state index in [1.807, 2.05) is 17.5 Å². The van der Waals surface area contributed by atoms with Gasteiger partial charge in [0.25, 0.3) is 0 Å². The average Bonchev–Trinajstić information content (AvgIpc) is 3.17. The van der Waals surface area contributed by atoms with Crippen molar-refractivity contribution < 1.29 is 12.8 Å². The fraction of sp³-hybridized carbons (Fsp3) is 0.286. The van der Waals surface area contributed by atoms with Gasteiger partial charge in [0.2, 0.25) is 10.0 Å². The highest BCUT2D eigenvalue weighted by molar-refractivity contribution is 7.89. The number of hydrogen-bond acceptors (Lipinski definition) is 5. The van der Waals surface area contributed by atoms with Crippen molar-refractivity contribution in [3.05, 3.63) is 74.5 Å². The molecule has 31 heavy (non-hydrogen) atoms. The van der Waals surface area contributed by atoms with E-state index < -0.39 is 15.8 Å². The second kappa shape index (κ2) is 9.03. The molecule has 3 aromatic rings. The third-order valence-electron chi connectivity index (χ3n) is 5.12. The van der Waals surface area contributed by atoms with Gasteiger partial charge in [-0.05, 0) is 48.4 Å². The largest absolute Gasteiger partial charge is 0.345 e. The van der Waals surface area contributed by atoms with E-state index in [0.717, 1.165) is 22.5 Å². The summed E-state index contributed by atoms with van der Waals surface area (Å²) in [6, 6.07) is 9.27. The third kappa shape index (κ3) is 5.04. The highest BCUT2D eigenvalue weighted by Gasteiger charge is 2.30. The lowest BCUT2D eigenvalue weighted by Crippen LogP contribution is -2.48. The molecule has 0 radical (unpaired) electrons. The van der Waals surface area contributed by atoms with Crippen LogP contribution in [0.25, 0.3) is 0 Å². The van der Waals surface area contributed by atoms with Gasteiger partial charge in [0.05, 0.1) is 10.6 Å². The van der Waals surface area contributed by atoms with Gasteiger partial charge in [0, 0.05) is 48.0 Å². The molecule has 1 saturated heterocycles. The van der Waals surface area contributed by atoms with Crippen LogP contribution in [0.15, 0.2) is 46.7 Å². The zero-order valence-corrected chi connectivity index (χ0v) is 19.8. The Balaban J connectivity index is 1.43. The fourth-order valence-electron chi connectivity index (χ4n) is 3.56. The highest BCUT2D eigenvalue weighted by Crippen LogP contribution is 2.27. The first-order chi connectivity index (χ1) is 14.7. The Morgan fingerprint density at radius 1 is 1.06 bits per heavy atom. The van der Waals surface area contributed by atoms with Crippen LogP contribution in [0.5, 0.6) is 0 Å². The smallest absolute Gasteiger partial charge is 0.243 e. The van der Waals surface area contributed by atoms with Crippen molar-refractivity contribution >= 4 is 49.7 Å². The lowest BCUT2D eigenvalue weighted by Gasteiger charge is -2.34. The summed E-state index contributed by atoms with van der Waals surface area (Å²) in [4.78, 5) is 6.80. The monoisotopic (exact) mass is 499 g/mol. The Labute approximate surface area is 195 Å². The first-order valence-corrected chi connectivity index (χ1v) is 12.7. The summed E-state index contributed by atoms with van der Waals surface area (Å²) < 4.78 is 41.0. The summed E-state index contributed by atoms with van der Waals surface area (Å²) in [5, 5.41) is 4.01. The molecule has 0 N–H and O–H groups in total. The van der Waals surface area contributed by atoms with Crippen LogP contribution in [0.1, 0.15) is 16.8 Å². The normalized spacial score (nSPS) is 15.4. The van der Waals surface area contributed by atoms with Gasteiger partial charge in [0.15, 0.2) is 5.13 Å². The Morgan fingerprint density at radius 3 is 2.42 bits per heavy atom. The number of benzene rings is 2. The Morgan fingerprint density at radius 2 is 1.74 bits per heavy atom.